The van der Waals surface area contributed by atoms with Crippen LogP contribution in [0.2, 0.25) is 0 Å². The van der Waals surface area contributed by atoms with E-state index in [-0.39, 0.29) is 17.6 Å². The number of amides is 1. The summed E-state index contributed by atoms with van der Waals surface area (Å²) >= 11 is 0. The van der Waals surface area contributed by atoms with Gasteiger partial charge in [-0.2, -0.15) is 0 Å². The first-order chi connectivity index (χ1) is 16.6. The Labute approximate surface area is 197 Å². The van der Waals surface area contributed by atoms with Crippen molar-refractivity contribution in [1.29, 1.82) is 0 Å². The van der Waals surface area contributed by atoms with Crippen LogP contribution in [0.3, 0.4) is 0 Å². The predicted molar refractivity (Wildman–Crippen MR) is 129 cm³/mol. The monoisotopic (exact) mass is 458 g/mol. The number of likely N-dealkylation sites (tertiary alicyclic amines) is 1. The van der Waals surface area contributed by atoms with Gasteiger partial charge in [0.15, 0.2) is 0 Å². The molecule has 0 saturated carbocycles. The smallest absolute Gasteiger partial charge is 0.334 e. The fraction of sp³-hybridized carbons (Fsp3) is 0.269. The standard InChI is InChI=1S/C26H26N4O4/c1-3-25(31)28-14-12-19(17-28)30-23-11-13-27-16-24(23)29(26(30)32)18-7-9-20(10-8-18)34-22-6-4-5-21(15-22)33-2/h4-11,13,15-16,19H,3,12,14,17H2,1-2H3/t19-/m1/s1. The van der Waals surface area contributed by atoms with Gasteiger partial charge in [-0.1, -0.05) is 13.0 Å². The van der Waals surface area contributed by atoms with E-state index in [2.05, 4.69) is 4.98 Å². The number of nitrogens with zero attached hydrogens (tertiary/aromatic N) is 4. The number of methoxy groups -OCH3 is 1. The molecule has 4 aromatic rings. The lowest BCUT2D eigenvalue weighted by molar-refractivity contribution is -0.129. The van der Waals surface area contributed by atoms with Gasteiger partial charge in [-0.3, -0.25) is 18.9 Å². The number of ether oxygens (including phenoxy) is 2. The average Bonchev–Trinajstić information content (AvgIpc) is 3.46. The van der Waals surface area contributed by atoms with Crippen molar-refractivity contribution in [1.82, 2.24) is 19.0 Å². The first kappa shape index (κ1) is 21.8. The molecule has 1 aliphatic heterocycles. The van der Waals surface area contributed by atoms with Crippen LogP contribution in [-0.4, -0.2) is 45.1 Å². The molecule has 2 aromatic heterocycles. The van der Waals surface area contributed by atoms with Crippen LogP contribution < -0.4 is 15.2 Å². The number of carbonyl (C=O) groups is 1. The summed E-state index contributed by atoms with van der Waals surface area (Å²) < 4.78 is 14.7. The van der Waals surface area contributed by atoms with E-state index in [1.165, 1.54) is 0 Å². The molecular weight excluding hydrogens is 432 g/mol. The number of carbonyl (C=O) groups excluding carboxylic acids is 1. The summed E-state index contributed by atoms with van der Waals surface area (Å²) in [5.41, 5.74) is 2.13. The molecular formula is C26H26N4O4. The second-order valence-corrected chi connectivity index (χ2v) is 8.26. The molecule has 1 saturated heterocycles. The van der Waals surface area contributed by atoms with E-state index in [4.69, 9.17) is 9.47 Å². The Morgan fingerprint density at radius 2 is 1.85 bits per heavy atom. The van der Waals surface area contributed by atoms with Crippen molar-refractivity contribution >= 4 is 16.9 Å². The normalized spacial score (nSPS) is 15.6. The topological polar surface area (TPSA) is 78.6 Å². The lowest BCUT2D eigenvalue weighted by Gasteiger charge is -2.16. The molecule has 2 aromatic carbocycles. The zero-order chi connectivity index (χ0) is 23.7. The summed E-state index contributed by atoms with van der Waals surface area (Å²) in [6.45, 7) is 3.07. The Bertz CT molecular complexity index is 1390. The van der Waals surface area contributed by atoms with Gasteiger partial charge in [0, 0.05) is 31.8 Å². The van der Waals surface area contributed by atoms with Gasteiger partial charge < -0.3 is 14.4 Å². The fourth-order valence-corrected chi connectivity index (χ4v) is 4.54. The van der Waals surface area contributed by atoms with Crippen LogP contribution in [0.1, 0.15) is 25.8 Å². The number of hydrogen-bond acceptors (Lipinski definition) is 5. The Morgan fingerprint density at radius 3 is 2.62 bits per heavy atom. The quantitative estimate of drug-likeness (QED) is 0.433. The highest BCUT2D eigenvalue weighted by Gasteiger charge is 2.30. The van der Waals surface area contributed by atoms with Crippen LogP contribution >= 0.6 is 0 Å². The second kappa shape index (κ2) is 9.05. The van der Waals surface area contributed by atoms with E-state index >= 15 is 0 Å². The molecule has 34 heavy (non-hydrogen) atoms. The van der Waals surface area contributed by atoms with Crippen molar-refractivity contribution in [3.05, 3.63) is 77.5 Å². The van der Waals surface area contributed by atoms with Crippen LogP contribution in [0.15, 0.2) is 71.8 Å². The lowest BCUT2D eigenvalue weighted by atomic mass is 10.2. The third-order valence-corrected chi connectivity index (χ3v) is 6.23. The van der Waals surface area contributed by atoms with Gasteiger partial charge in [0.1, 0.15) is 17.2 Å². The highest BCUT2D eigenvalue weighted by atomic mass is 16.5. The Kier molecular flexibility index (Phi) is 5.79. The SMILES string of the molecule is CCC(=O)N1CC[C@@H](n2c(=O)n(-c3ccc(Oc4cccc(OC)c4)cc3)c3cnccc32)C1. The highest BCUT2D eigenvalue weighted by molar-refractivity contribution is 5.78. The van der Waals surface area contributed by atoms with Gasteiger partial charge in [0.05, 0.1) is 36.1 Å². The molecule has 1 amide bonds. The summed E-state index contributed by atoms with van der Waals surface area (Å²) in [4.78, 5) is 31.9. The molecule has 1 fully saturated rings. The minimum atomic E-state index is -0.139. The maximum atomic E-state index is 13.6. The molecule has 0 spiro atoms. The van der Waals surface area contributed by atoms with E-state index in [0.29, 0.717) is 36.8 Å². The largest absolute Gasteiger partial charge is 0.497 e. The van der Waals surface area contributed by atoms with Crippen LogP contribution in [0, 0.1) is 0 Å². The number of imidazole rings is 1. The van der Waals surface area contributed by atoms with Gasteiger partial charge in [-0.05, 0) is 48.9 Å². The maximum absolute atomic E-state index is 13.6. The molecule has 0 aliphatic carbocycles. The molecule has 0 unspecified atom stereocenters. The molecule has 1 aliphatic rings. The van der Waals surface area contributed by atoms with Crippen LogP contribution in [-0.2, 0) is 4.79 Å². The zero-order valence-corrected chi connectivity index (χ0v) is 19.2. The Balaban J connectivity index is 1.48. The summed E-state index contributed by atoms with van der Waals surface area (Å²) in [6.07, 6.45) is 4.62. The van der Waals surface area contributed by atoms with Crippen molar-refractivity contribution < 1.29 is 14.3 Å². The van der Waals surface area contributed by atoms with Crippen molar-refractivity contribution in [2.45, 2.75) is 25.8 Å². The van der Waals surface area contributed by atoms with E-state index in [0.717, 1.165) is 23.1 Å². The first-order valence-electron chi connectivity index (χ1n) is 11.4. The highest BCUT2D eigenvalue weighted by Crippen LogP contribution is 2.28. The molecule has 3 heterocycles. The van der Waals surface area contributed by atoms with Gasteiger partial charge in [-0.15, -0.1) is 0 Å². The minimum absolute atomic E-state index is 0.0650. The minimum Gasteiger partial charge on any atom is -0.497 e. The summed E-state index contributed by atoms with van der Waals surface area (Å²) in [5.74, 6) is 2.15. The molecule has 8 heteroatoms. The van der Waals surface area contributed by atoms with Crippen LogP contribution in [0.5, 0.6) is 17.2 Å². The van der Waals surface area contributed by atoms with Gasteiger partial charge in [0.2, 0.25) is 5.91 Å². The molecule has 1 atom stereocenters. The molecule has 0 radical (unpaired) electrons. The zero-order valence-electron chi connectivity index (χ0n) is 19.2. The van der Waals surface area contributed by atoms with Crippen molar-refractivity contribution in [3.63, 3.8) is 0 Å². The van der Waals surface area contributed by atoms with E-state index in [9.17, 15) is 9.59 Å². The second-order valence-electron chi connectivity index (χ2n) is 8.26. The number of rotatable bonds is 6. The average molecular weight is 459 g/mol. The Morgan fingerprint density at radius 1 is 1.06 bits per heavy atom. The molecule has 8 nitrogen and oxygen atoms in total. The van der Waals surface area contributed by atoms with E-state index in [1.54, 1.807) is 28.6 Å². The summed E-state index contributed by atoms with van der Waals surface area (Å²) in [5, 5.41) is 0. The van der Waals surface area contributed by atoms with E-state index in [1.807, 2.05) is 66.4 Å². The number of benzene rings is 2. The van der Waals surface area contributed by atoms with Crippen LogP contribution in [0.25, 0.3) is 16.7 Å². The summed E-state index contributed by atoms with van der Waals surface area (Å²) in [6, 6.07) is 16.6. The lowest BCUT2D eigenvalue weighted by Crippen LogP contribution is -2.31. The van der Waals surface area contributed by atoms with Gasteiger partial charge >= 0.3 is 5.69 Å². The van der Waals surface area contributed by atoms with Crippen molar-refractivity contribution in [2.24, 2.45) is 0 Å². The van der Waals surface area contributed by atoms with Crippen LogP contribution in [0.4, 0.5) is 0 Å². The Hall–Kier alpha value is -4.07. The summed E-state index contributed by atoms with van der Waals surface area (Å²) in [7, 11) is 1.61. The fourth-order valence-electron chi connectivity index (χ4n) is 4.54. The molecule has 0 bridgehead atoms. The third kappa shape index (κ3) is 3.91. The third-order valence-electron chi connectivity index (χ3n) is 6.23. The number of fused-ring (bicyclic) bond motifs is 1. The number of hydrogen-bond donors (Lipinski definition) is 0. The van der Waals surface area contributed by atoms with Crippen molar-refractivity contribution in [2.75, 3.05) is 20.2 Å². The maximum Gasteiger partial charge on any atom is 0.334 e. The van der Waals surface area contributed by atoms with Crippen molar-refractivity contribution in [3.8, 4) is 22.9 Å². The van der Waals surface area contributed by atoms with Gasteiger partial charge in [-0.25, -0.2) is 4.79 Å². The van der Waals surface area contributed by atoms with Gasteiger partial charge in [0.25, 0.3) is 0 Å². The molecule has 174 valence electrons. The number of aromatic nitrogens is 3. The predicted octanol–water partition coefficient (Wildman–Crippen LogP) is 4.17. The molecule has 5 rings (SSSR count). The number of pyridine rings is 1. The first-order valence-corrected chi connectivity index (χ1v) is 11.4. The van der Waals surface area contributed by atoms with E-state index < -0.39 is 0 Å². The molecule has 0 N–H and O–H groups in total.